The van der Waals surface area contributed by atoms with Crippen molar-refractivity contribution in [1.82, 2.24) is 4.90 Å². The average molecular weight is 450 g/mol. The second kappa shape index (κ2) is 14.4. The number of carbonyl (C=O) groups excluding carboxylic acids is 2. The molecule has 178 valence electrons. The Morgan fingerprint density at radius 2 is 1.67 bits per heavy atom. The lowest BCUT2D eigenvalue weighted by Gasteiger charge is -2.30. The van der Waals surface area contributed by atoms with Gasteiger partial charge in [0.2, 0.25) is 6.41 Å². The van der Waals surface area contributed by atoms with Crippen LogP contribution in [0.1, 0.15) is 73.9 Å². The SMILES string of the molecule is COC/C(=C/CC(C)C)c1ccccc1.Cc1ccccc1C(=O)N(C=O)C1CCCCC1. The Kier molecular flexibility index (Phi) is 11.6. The molecule has 0 radical (unpaired) electrons. The van der Waals surface area contributed by atoms with E-state index in [4.69, 9.17) is 4.74 Å². The number of allylic oxidation sites excluding steroid dienone is 1. The molecule has 2 aromatic carbocycles. The van der Waals surface area contributed by atoms with Crippen LogP contribution in [0.25, 0.3) is 5.57 Å². The summed E-state index contributed by atoms with van der Waals surface area (Å²) in [5.41, 5.74) is 4.10. The Bertz CT molecular complexity index is 883. The van der Waals surface area contributed by atoms with Crippen LogP contribution in [-0.2, 0) is 9.53 Å². The van der Waals surface area contributed by atoms with Gasteiger partial charge in [-0.05, 0) is 54.9 Å². The fourth-order valence-corrected chi connectivity index (χ4v) is 4.06. The van der Waals surface area contributed by atoms with Crippen molar-refractivity contribution < 1.29 is 14.3 Å². The zero-order chi connectivity index (χ0) is 24.1. The van der Waals surface area contributed by atoms with E-state index in [2.05, 4.69) is 44.2 Å². The van der Waals surface area contributed by atoms with Gasteiger partial charge in [-0.25, -0.2) is 0 Å². The Labute approximate surface area is 199 Å². The van der Waals surface area contributed by atoms with Crippen LogP contribution in [0.4, 0.5) is 0 Å². The van der Waals surface area contributed by atoms with Crippen LogP contribution in [0.3, 0.4) is 0 Å². The zero-order valence-corrected chi connectivity index (χ0v) is 20.6. The number of amides is 2. The van der Waals surface area contributed by atoms with Gasteiger partial charge < -0.3 is 4.74 Å². The third kappa shape index (κ3) is 8.62. The minimum atomic E-state index is -0.157. The summed E-state index contributed by atoms with van der Waals surface area (Å²) in [5.74, 6) is 0.538. The maximum Gasteiger partial charge on any atom is 0.260 e. The van der Waals surface area contributed by atoms with Gasteiger partial charge in [0.05, 0.1) is 6.61 Å². The van der Waals surface area contributed by atoms with Crippen LogP contribution in [0, 0.1) is 12.8 Å². The first kappa shape index (κ1) is 26.5. The summed E-state index contributed by atoms with van der Waals surface area (Å²) < 4.78 is 5.22. The Morgan fingerprint density at radius 1 is 1.03 bits per heavy atom. The first-order valence-corrected chi connectivity index (χ1v) is 12.0. The fourth-order valence-electron chi connectivity index (χ4n) is 4.06. The third-order valence-corrected chi connectivity index (χ3v) is 5.97. The first-order chi connectivity index (χ1) is 16.0. The Morgan fingerprint density at radius 3 is 2.24 bits per heavy atom. The van der Waals surface area contributed by atoms with E-state index in [0.29, 0.717) is 24.5 Å². The van der Waals surface area contributed by atoms with Crippen molar-refractivity contribution >= 4 is 17.9 Å². The number of ether oxygens (including phenoxy) is 1. The van der Waals surface area contributed by atoms with Gasteiger partial charge in [-0.15, -0.1) is 0 Å². The van der Waals surface area contributed by atoms with E-state index in [1.807, 2.05) is 31.2 Å². The standard InChI is InChI=1S/C15H19NO2.C14H20O/c1-12-7-5-6-10-14(12)15(18)16(11-17)13-8-3-2-4-9-13;1-12(2)9-10-14(11-15-3)13-7-5-4-6-8-13/h5-7,10-11,13H,2-4,8-9H2,1H3;4-8,10,12H,9,11H2,1-3H3/b;14-10-. The highest BCUT2D eigenvalue weighted by molar-refractivity contribution is 6.01. The summed E-state index contributed by atoms with van der Waals surface area (Å²) in [7, 11) is 1.74. The number of rotatable bonds is 8. The van der Waals surface area contributed by atoms with Crippen molar-refractivity contribution in [3.8, 4) is 0 Å². The third-order valence-electron chi connectivity index (χ3n) is 5.97. The molecule has 0 unspecified atom stereocenters. The summed E-state index contributed by atoms with van der Waals surface area (Å²) in [4.78, 5) is 25.0. The molecule has 1 saturated carbocycles. The van der Waals surface area contributed by atoms with Crippen molar-refractivity contribution in [2.45, 2.75) is 65.3 Å². The lowest BCUT2D eigenvalue weighted by atomic mass is 9.94. The van der Waals surface area contributed by atoms with Crippen LogP contribution in [0.2, 0.25) is 0 Å². The molecule has 0 N–H and O–H groups in total. The van der Waals surface area contributed by atoms with E-state index in [-0.39, 0.29) is 11.9 Å². The van der Waals surface area contributed by atoms with Crippen LogP contribution in [-0.4, -0.2) is 37.0 Å². The predicted octanol–water partition coefficient (Wildman–Crippen LogP) is 6.69. The number of hydrogen-bond acceptors (Lipinski definition) is 3. The predicted molar refractivity (Wildman–Crippen MR) is 136 cm³/mol. The molecular formula is C29H39NO3. The van der Waals surface area contributed by atoms with Gasteiger partial charge in [-0.2, -0.15) is 0 Å². The summed E-state index contributed by atoms with van der Waals surface area (Å²) in [6.07, 6.45) is 9.39. The van der Waals surface area contributed by atoms with Gasteiger partial charge in [0.25, 0.3) is 5.91 Å². The molecule has 1 aliphatic carbocycles. The molecule has 0 bridgehead atoms. The van der Waals surface area contributed by atoms with Crippen LogP contribution in [0.15, 0.2) is 60.7 Å². The van der Waals surface area contributed by atoms with Gasteiger partial charge >= 0.3 is 0 Å². The molecule has 0 atom stereocenters. The molecule has 0 aliphatic heterocycles. The van der Waals surface area contributed by atoms with E-state index in [1.54, 1.807) is 13.2 Å². The normalized spacial score (nSPS) is 14.4. The van der Waals surface area contributed by atoms with Crippen LogP contribution >= 0.6 is 0 Å². The summed E-state index contributed by atoms with van der Waals surface area (Å²) >= 11 is 0. The van der Waals surface area contributed by atoms with Gasteiger partial charge in [0.1, 0.15) is 0 Å². The van der Waals surface area contributed by atoms with Crippen molar-refractivity contribution in [1.29, 1.82) is 0 Å². The highest BCUT2D eigenvalue weighted by Crippen LogP contribution is 2.23. The molecule has 1 fully saturated rings. The Balaban J connectivity index is 0.000000238. The maximum atomic E-state index is 12.4. The molecule has 2 aromatic rings. The lowest BCUT2D eigenvalue weighted by molar-refractivity contribution is -0.118. The van der Waals surface area contributed by atoms with Gasteiger partial charge in [-0.1, -0.05) is 87.7 Å². The van der Waals surface area contributed by atoms with Crippen LogP contribution < -0.4 is 0 Å². The second-order valence-corrected chi connectivity index (χ2v) is 9.08. The van der Waals surface area contributed by atoms with E-state index in [0.717, 1.165) is 37.7 Å². The first-order valence-electron chi connectivity index (χ1n) is 12.0. The monoisotopic (exact) mass is 449 g/mol. The summed E-state index contributed by atoms with van der Waals surface area (Å²) in [6.45, 7) is 7.05. The highest BCUT2D eigenvalue weighted by Gasteiger charge is 2.26. The van der Waals surface area contributed by atoms with Crippen LogP contribution in [0.5, 0.6) is 0 Å². The number of nitrogens with zero attached hydrogens (tertiary/aromatic N) is 1. The van der Waals surface area contributed by atoms with Crippen molar-refractivity contribution in [3.05, 3.63) is 77.4 Å². The number of benzene rings is 2. The smallest absolute Gasteiger partial charge is 0.260 e. The van der Waals surface area contributed by atoms with Gasteiger partial charge in [0.15, 0.2) is 0 Å². The fraction of sp³-hybridized carbons (Fsp3) is 0.448. The molecule has 2 amide bonds. The van der Waals surface area contributed by atoms with E-state index >= 15 is 0 Å². The number of carbonyl (C=O) groups is 2. The largest absolute Gasteiger partial charge is 0.380 e. The molecule has 0 heterocycles. The molecular weight excluding hydrogens is 410 g/mol. The van der Waals surface area contributed by atoms with E-state index in [1.165, 1.54) is 22.5 Å². The molecule has 0 saturated heterocycles. The molecule has 4 nitrogen and oxygen atoms in total. The van der Waals surface area contributed by atoms with Crippen molar-refractivity contribution in [3.63, 3.8) is 0 Å². The lowest BCUT2D eigenvalue weighted by Crippen LogP contribution is -2.40. The molecule has 0 aromatic heterocycles. The number of hydrogen-bond donors (Lipinski definition) is 0. The number of methoxy groups -OCH3 is 1. The van der Waals surface area contributed by atoms with Gasteiger partial charge in [-0.3, -0.25) is 14.5 Å². The molecule has 3 rings (SSSR count). The van der Waals surface area contributed by atoms with Crippen molar-refractivity contribution in [2.75, 3.05) is 13.7 Å². The molecule has 4 heteroatoms. The zero-order valence-electron chi connectivity index (χ0n) is 20.6. The topological polar surface area (TPSA) is 46.6 Å². The molecule has 1 aliphatic rings. The van der Waals surface area contributed by atoms with Crippen molar-refractivity contribution in [2.24, 2.45) is 5.92 Å². The van der Waals surface area contributed by atoms with E-state index < -0.39 is 0 Å². The quantitative estimate of drug-likeness (QED) is 0.422. The average Bonchev–Trinajstić information content (AvgIpc) is 2.84. The van der Waals surface area contributed by atoms with Gasteiger partial charge in [0, 0.05) is 18.7 Å². The summed E-state index contributed by atoms with van der Waals surface area (Å²) in [5, 5.41) is 0. The summed E-state index contributed by atoms with van der Waals surface area (Å²) in [6, 6.07) is 17.9. The van der Waals surface area contributed by atoms with E-state index in [9.17, 15) is 9.59 Å². The molecule has 0 spiro atoms. The highest BCUT2D eigenvalue weighted by atomic mass is 16.5. The minimum Gasteiger partial charge on any atom is -0.380 e. The minimum absolute atomic E-state index is 0.0864. The number of imide groups is 1. The second-order valence-electron chi connectivity index (χ2n) is 9.08. The Hall–Kier alpha value is -2.72. The number of aryl methyl sites for hydroxylation is 1. The molecule has 33 heavy (non-hydrogen) atoms. The maximum absolute atomic E-state index is 12.4.